The maximum atomic E-state index is 14.0. The first-order valence-corrected chi connectivity index (χ1v) is 12.4. The Morgan fingerprint density at radius 3 is 2.38 bits per heavy atom. The molecule has 0 saturated carbocycles. The average Bonchev–Trinajstić information content (AvgIpc) is 3.46. The number of nitrogens with zero attached hydrogens (tertiary/aromatic N) is 5. The van der Waals surface area contributed by atoms with Crippen LogP contribution in [0.1, 0.15) is 47.2 Å². The van der Waals surface area contributed by atoms with Crippen LogP contribution >= 0.6 is 0 Å². The van der Waals surface area contributed by atoms with Gasteiger partial charge in [0, 0.05) is 17.5 Å². The Kier molecular flexibility index (Phi) is 6.06. The Bertz CT molecular complexity index is 1610. The van der Waals surface area contributed by atoms with E-state index in [9.17, 15) is 9.59 Å². The third-order valence-electron chi connectivity index (χ3n) is 6.77. The smallest absolute Gasteiger partial charge is 0.275 e. The van der Waals surface area contributed by atoms with Crippen LogP contribution in [0.5, 0.6) is 0 Å². The van der Waals surface area contributed by atoms with Crippen molar-refractivity contribution in [2.24, 2.45) is 0 Å². The number of piperidine rings is 1. The van der Waals surface area contributed by atoms with Crippen molar-refractivity contribution in [3.05, 3.63) is 112 Å². The molecule has 37 heavy (non-hydrogen) atoms. The highest BCUT2D eigenvalue weighted by atomic mass is 16.5. The van der Waals surface area contributed by atoms with Gasteiger partial charge in [0.2, 0.25) is 11.7 Å². The van der Waals surface area contributed by atoms with E-state index in [0.717, 1.165) is 24.0 Å². The molecule has 1 aliphatic rings. The van der Waals surface area contributed by atoms with Crippen LogP contribution in [0.2, 0.25) is 0 Å². The van der Waals surface area contributed by atoms with Crippen molar-refractivity contribution in [3.63, 3.8) is 0 Å². The maximum absolute atomic E-state index is 14.0. The first kappa shape index (κ1) is 22.8. The normalized spacial score (nSPS) is 15.7. The van der Waals surface area contributed by atoms with Gasteiger partial charge in [0.15, 0.2) is 5.69 Å². The van der Waals surface area contributed by atoms with E-state index in [2.05, 4.69) is 15.2 Å². The fraction of sp³-hybridized carbons (Fsp3) is 0.207. The minimum Gasteiger partial charge on any atom is -0.337 e. The highest BCUT2D eigenvalue weighted by Gasteiger charge is 2.34. The number of amides is 1. The van der Waals surface area contributed by atoms with Crippen molar-refractivity contribution in [3.8, 4) is 11.4 Å². The third kappa shape index (κ3) is 4.42. The lowest BCUT2D eigenvalue weighted by Crippen LogP contribution is -2.40. The standard InChI is InChI=1S/C29H25N5O3/c35-28-23-16-8-7-15-22(23)25(31-34(28)19-20-11-3-1-4-12-20)29(36)33-18-10-9-17-24(33)27-30-26(32-37-27)21-13-5-2-6-14-21/h1-8,11-16,24H,9-10,17-19H2. The van der Waals surface area contributed by atoms with Crippen molar-refractivity contribution in [2.45, 2.75) is 31.8 Å². The fourth-order valence-corrected chi connectivity index (χ4v) is 4.90. The third-order valence-corrected chi connectivity index (χ3v) is 6.77. The zero-order valence-electron chi connectivity index (χ0n) is 20.2. The van der Waals surface area contributed by atoms with Gasteiger partial charge in [-0.1, -0.05) is 84.0 Å². The number of fused-ring (bicyclic) bond motifs is 1. The van der Waals surface area contributed by atoms with E-state index in [0.29, 0.717) is 35.5 Å². The van der Waals surface area contributed by atoms with E-state index in [-0.39, 0.29) is 29.7 Å². The minimum atomic E-state index is -0.360. The van der Waals surface area contributed by atoms with Gasteiger partial charge in [-0.25, -0.2) is 4.68 Å². The number of hydrogen-bond donors (Lipinski definition) is 0. The van der Waals surface area contributed by atoms with Crippen LogP contribution < -0.4 is 5.56 Å². The Labute approximate surface area is 213 Å². The SMILES string of the molecule is O=C(c1nn(Cc2ccccc2)c(=O)c2ccccc12)N1CCCCC1c1nc(-c2ccccc2)no1. The largest absolute Gasteiger partial charge is 0.337 e. The lowest BCUT2D eigenvalue weighted by Gasteiger charge is -2.33. The Morgan fingerprint density at radius 1 is 0.892 bits per heavy atom. The second-order valence-electron chi connectivity index (χ2n) is 9.17. The molecule has 0 aliphatic carbocycles. The summed E-state index contributed by atoms with van der Waals surface area (Å²) < 4.78 is 7.03. The first-order valence-electron chi connectivity index (χ1n) is 12.4. The van der Waals surface area contributed by atoms with Gasteiger partial charge in [-0.05, 0) is 30.9 Å². The molecule has 3 heterocycles. The second-order valence-corrected chi connectivity index (χ2v) is 9.17. The molecule has 0 spiro atoms. The fourth-order valence-electron chi connectivity index (χ4n) is 4.90. The molecule has 1 unspecified atom stereocenters. The number of aromatic nitrogens is 4. The van der Waals surface area contributed by atoms with Crippen molar-refractivity contribution in [1.29, 1.82) is 0 Å². The topological polar surface area (TPSA) is 94.1 Å². The molecular formula is C29H25N5O3. The van der Waals surface area contributed by atoms with Crippen molar-refractivity contribution >= 4 is 16.7 Å². The second kappa shape index (κ2) is 9.81. The molecule has 1 atom stereocenters. The molecule has 1 saturated heterocycles. The summed E-state index contributed by atoms with van der Waals surface area (Å²) >= 11 is 0. The van der Waals surface area contributed by atoms with Crippen LogP contribution in [-0.2, 0) is 6.54 Å². The van der Waals surface area contributed by atoms with E-state index in [1.165, 1.54) is 4.68 Å². The Balaban J connectivity index is 1.39. The summed E-state index contributed by atoms with van der Waals surface area (Å²) in [7, 11) is 0. The maximum Gasteiger partial charge on any atom is 0.275 e. The van der Waals surface area contributed by atoms with Crippen LogP contribution in [0.4, 0.5) is 0 Å². The molecule has 184 valence electrons. The first-order chi connectivity index (χ1) is 18.2. The van der Waals surface area contributed by atoms with Gasteiger partial charge in [0.05, 0.1) is 11.9 Å². The van der Waals surface area contributed by atoms with E-state index in [1.807, 2.05) is 66.7 Å². The van der Waals surface area contributed by atoms with Crippen LogP contribution in [-0.4, -0.2) is 37.3 Å². The molecule has 1 fully saturated rings. The molecule has 1 aliphatic heterocycles. The molecule has 1 amide bonds. The Morgan fingerprint density at radius 2 is 1.59 bits per heavy atom. The van der Waals surface area contributed by atoms with Gasteiger partial charge >= 0.3 is 0 Å². The molecule has 0 N–H and O–H groups in total. The van der Waals surface area contributed by atoms with Gasteiger partial charge in [-0.15, -0.1) is 0 Å². The quantitative estimate of drug-likeness (QED) is 0.348. The lowest BCUT2D eigenvalue weighted by atomic mass is 10.0. The predicted molar refractivity (Wildman–Crippen MR) is 139 cm³/mol. The minimum absolute atomic E-state index is 0.226. The molecule has 3 aromatic carbocycles. The summed E-state index contributed by atoms with van der Waals surface area (Å²) in [6.45, 7) is 0.818. The summed E-state index contributed by atoms with van der Waals surface area (Å²) in [5.41, 5.74) is 1.81. The number of carbonyl (C=O) groups is 1. The molecule has 2 aromatic heterocycles. The summed E-state index contributed by atoms with van der Waals surface area (Å²) in [5, 5.41) is 9.77. The van der Waals surface area contributed by atoms with Crippen LogP contribution in [0.25, 0.3) is 22.2 Å². The zero-order valence-corrected chi connectivity index (χ0v) is 20.2. The lowest BCUT2D eigenvalue weighted by molar-refractivity contribution is 0.0555. The van der Waals surface area contributed by atoms with Crippen LogP contribution in [0.3, 0.4) is 0 Å². The molecule has 8 nitrogen and oxygen atoms in total. The van der Waals surface area contributed by atoms with Gasteiger partial charge in [-0.2, -0.15) is 10.1 Å². The monoisotopic (exact) mass is 491 g/mol. The summed E-state index contributed by atoms with van der Waals surface area (Å²) in [4.78, 5) is 33.7. The van der Waals surface area contributed by atoms with Crippen LogP contribution in [0.15, 0.2) is 94.2 Å². The number of carbonyl (C=O) groups excluding carboxylic acids is 1. The van der Waals surface area contributed by atoms with E-state index in [1.54, 1.807) is 23.1 Å². The predicted octanol–water partition coefficient (Wildman–Crippen LogP) is 4.86. The van der Waals surface area contributed by atoms with Gasteiger partial charge < -0.3 is 9.42 Å². The van der Waals surface area contributed by atoms with E-state index < -0.39 is 0 Å². The van der Waals surface area contributed by atoms with E-state index >= 15 is 0 Å². The number of likely N-dealkylation sites (tertiary alicyclic amines) is 1. The Hall–Kier alpha value is -4.59. The summed E-state index contributed by atoms with van der Waals surface area (Å²) in [6, 6.07) is 26.0. The van der Waals surface area contributed by atoms with Crippen LogP contribution in [0, 0.1) is 0 Å². The molecule has 5 aromatic rings. The van der Waals surface area contributed by atoms with Gasteiger partial charge in [0.25, 0.3) is 11.5 Å². The average molecular weight is 492 g/mol. The highest BCUT2D eigenvalue weighted by Crippen LogP contribution is 2.33. The van der Waals surface area contributed by atoms with Crippen molar-refractivity contribution in [1.82, 2.24) is 24.8 Å². The molecular weight excluding hydrogens is 466 g/mol. The molecule has 0 radical (unpaired) electrons. The van der Waals surface area contributed by atoms with Crippen molar-refractivity contribution < 1.29 is 9.32 Å². The van der Waals surface area contributed by atoms with Gasteiger partial charge in [0.1, 0.15) is 6.04 Å². The number of rotatable bonds is 5. The molecule has 6 rings (SSSR count). The molecule has 8 heteroatoms. The molecule has 0 bridgehead atoms. The number of hydrogen-bond acceptors (Lipinski definition) is 6. The number of benzene rings is 3. The van der Waals surface area contributed by atoms with E-state index in [4.69, 9.17) is 4.52 Å². The summed E-state index contributed by atoms with van der Waals surface area (Å²) in [5.74, 6) is 0.657. The summed E-state index contributed by atoms with van der Waals surface area (Å²) in [6.07, 6.45) is 2.52. The van der Waals surface area contributed by atoms with Crippen molar-refractivity contribution in [2.75, 3.05) is 6.54 Å². The zero-order chi connectivity index (χ0) is 25.2. The van der Waals surface area contributed by atoms with Gasteiger partial charge in [-0.3, -0.25) is 9.59 Å². The highest BCUT2D eigenvalue weighted by molar-refractivity contribution is 6.05.